The molecule has 0 aliphatic heterocycles. The molecule has 0 aliphatic carbocycles. The summed E-state index contributed by atoms with van der Waals surface area (Å²) in [6.07, 6.45) is 0. The molecule has 2 rings (SSSR count). The Kier molecular flexibility index (Phi) is 3.09. The van der Waals surface area contributed by atoms with E-state index in [0.29, 0.717) is 4.68 Å². The third-order valence-corrected chi connectivity index (χ3v) is 2.53. The average molecular weight is 273 g/mol. The Balaban J connectivity index is 2.76. The molecule has 0 saturated heterocycles. The highest BCUT2D eigenvalue weighted by atomic mass is 19.2. The summed E-state index contributed by atoms with van der Waals surface area (Å²) in [4.78, 5) is 11.2. The Morgan fingerprint density at radius 1 is 1.16 bits per heavy atom. The quantitative estimate of drug-likeness (QED) is 0.479. The number of rotatable bonds is 2. The number of carbonyl (C=O) groups is 1. The first-order valence-corrected chi connectivity index (χ1v) is 5.11. The summed E-state index contributed by atoms with van der Waals surface area (Å²) in [5.41, 5.74) is -1.20. The van der Waals surface area contributed by atoms with Gasteiger partial charge in [0.25, 0.3) is 0 Å². The fourth-order valence-corrected chi connectivity index (χ4v) is 1.61. The lowest BCUT2D eigenvalue weighted by atomic mass is 10.2. The molecule has 0 spiro atoms. The van der Waals surface area contributed by atoms with Crippen molar-refractivity contribution in [2.75, 3.05) is 0 Å². The van der Waals surface area contributed by atoms with Gasteiger partial charge in [-0.1, -0.05) is 5.21 Å². The van der Waals surface area contributed by atoms with Crippen LogP contribution in [0.3, 0.4) is 0 Å². The van der Waals surface area contributed by atoms with E-state index in [1.54, 1.807) is 0 Å². The van der Waals surface area contributed by atoms with Gasteiger partial charge in [-0.3, -0.25) is 4.79 Å². The van der Waals surface area contributed by atoms with Gasteiger partial charge < -0.3 is 0 Å². The second-order valence-electron chi connectivity index (χ2n) is 3.81. The summed E-state index contributed by atoms with van der Waals surface area (Å²) in [6, 6.07) is 0.0896. The minimum atomic E-state index is -1.61. The smallest absolute Gasteiger partial charge is 0.187 e. The Morgan fingerprint density at radius 2 is 1.68 bits per heavy atom. The van der Waals surface area contributed by atoms with Crippen molar-refractivity contribution in [3.63, 3.8) is 0 Å². The Labute approximate surface area is 104 Å². The first kappa shape index (κ1) is 13.2. The van der Waals surface area contributed by atoms with Crippen molar-refractivity contribution < 1.29 is 22.4 Å². The second kappa shape index (κ2) is 4.45. The molecule has 2 aromatic rings. The van der Waals surface area contributed by atoms with Gasteiger partial charge in [-0.25, -0.2) is 22.2 Å². The normalized spacial score (nSPS) is 10.8. The molecule has 0 amide bonds. The summed E-state index contributed by atoms with van der Waals surface area (Å²) in [5, 5.41) is 6.76. The van der Waals surface area contributed by atoms with Crippen LogP contribution in [0.5, 0.6) is 0 Å². The zero-order valence-electron chi connectivity index (χ0n) is 9.84. The number of aromatic nitrogens is 3. The Hall–Kier alpha value is -2.25. The van der Waals surface area contributed by atoms with Crippen LogP contribution in [0.1, 0.15) is 23.1 Å². The SMILES string of the molecule is CC(=O)c1nnn(-c2c(F)c(F)cc(F)c2F)c1C. The maximum absolute atomic E-state index is 13.6. The number of Topliss-reactive ketones (excluding diaryl/α,β-unsaturated/α-hetero) is 1. The predicted molar refractivity (Wildman–Crippen MR) is 55.9 cm³/mol. The summed E-state index contributed by atoms with van der Waals surface area (Å²) in [5.74, 6) is -6.83. The molecule has 1 heterocycles. The van der Waals surface area contributed by atoms with Gasteiger partial charge in [-0.2, -0.15) is 0 Å². The van der Waals surface area contributed by atoms with Gasteiger partial charge in [0.15, 0.2) is 34.7 Å². The third-order valence-electron chi connectivity index (χ3n) is 2.53. The number of nitrogens with zero attached hydrogens (tertiary/aromatic N) is 3. The lowest BCUT2D eigenvalue weighted by Gasteiger charge is -2.07. The van der Waals surface area contributed by atoms with Crippen LogP contribution in [0.4, 0.5) is 17.6 Å². The van der Waals surface area contributed by atoms with E-state index in [1.165, 1.54) is 13.8 Å². The summed E-state index contributed by atoms with van der Waals surface area (Å²) in [6.45, 7) is 2.48. The Morgan fingerprint density at radius 3 is 2.11 bits per heavy atom. The van der Waals surface area contributed by atoms with Crippen molar-refractivity contribution in [2.24, 2.45) is 0 Å². The molecule has 1 aromatic heterocycles. The highest BCUT2D eigenvalue weighted by Crippen LogP contribution is 2.24. The molecule has 0 radical (unpaired) electrons. The van der Waals surface area contributed by atoms with Gasteiger partial charge in [0.05, 0.1) is 5.69 Å². The summed E-state index contributed by atoms with van der Waals surface area (Å²) in [7, 11) is 0. The molecule has 1 aromatic carbocycles. The van der Waals surface area contributed by atoms with Crippen molar-refractivity contribution in [2.45, 2.75) is 13.8 Å². The molecule has 100 valence electrons. The van der Waals surface area contributed by atoms with Crippen LogP contribution in [-0.4, -0.2) is 20.8 Å². The molecule has 0 unspecified atom stereocenters. The molecular formula is C11H7F4N3O. The van der Waals surface area contributed by atoms with Crippen LogP contribution in [0.15, 0.2) is 6.07 Å². The maximum atomic E-state index is 13.6. The lowest BCUT2D eigenvalue weighted by molar-refractivity contribution is 0.101. The molecule has 8 heteroatoms. The molecular weight excluding hydrogens is 266 g/mol. The van der Waals surface area contributed by atoms with Gasteiger partial charge in [0.1, 0.15) is 5.69 Å². The molecule has 4 nitrogen and oxygen atoms in total. The third kappa shape index (κ3) is 1.98. The highest BCUT2D eigenvalue weighted by molar-refractivity contribution is 5.93. The van der Waals surface area contributed by atoms with Crippen molar-refractivity contribution in [3.05, 3.63) is 40.7 Å². The van der Waals surface area contributed by atoms with E-state index in [4.69, 9.17) is 0 Å². The molecule has 19 heavy (non-hydrogen) atoms. The lowest BCUT2D eigenvalue weighted by Crippen LogP contribution is -2.09. The number of hydrogen-bond donors (Lipinski definition) is 0. The topological polar surface area (TPSA) is 47.8 Å². The summed E-state index contributed by atoms with van der Waals surface area (Å²) >= 11 is 0. The predicted octanol–water partition coefficient (Wildman–Crippen LogP) is 2.33. The monoisotopic (exact) mass is 273 g/mol. The molecule has 0 fully saturated rings. The average Bonchev–Trinajstić information content (AvgIpc) is 2.70. The highest BCUT2D eigenvalue weighted by Gasteiger charge is 2.24. The first-order chi connectivity index (χ1) is 8.84. The van der Waals surface area contributed by atoms with Gasteiger partial charge in [0, 0.05) is 13.0 Å². The van der Waals surface area contributed by atoms with E-state index in [1.807, 2.05) is 0 Å². The molecule has 0 aliphatic rings. The number of hydrogen-bond acceptors (Lipinski definition) is 3. The van der Waals surface area contributed by atoms with Gasteiger partial charge in [-0.05, 0) is 6.92 Å². The van der Waals surface area contributed by atoms with Gasteiger partial charge in [-0.15, -0.1) is 5.10 Å². The molecule has 0 N–H and O–H groups in total. The van der Waals surface area contributed by atoms with Crippen molar-refractivity contribution in [1.82, 2.24) is 15.0 Å². The first-order valence-electron chi connectivity index (χ1n) is 5.11. The minimum Gasteiger partial charge on any atom is -0.293 e. The summed E-state index contributed by atoms with van der Waals surface area (Å²) < 4.78 is 53.9. The number of halogens is 4. The van der Waals surface area contributed by atoms with E-state index in [2.05, 4.69) is 10.3 Å². The second-order valence-corrected chi connectivity index (χ2v) is 3.81. The van der Waals surface area contributed by atoms with Crippen molar-refractivity contribution >= 4 is 5.78 Å². The van der Waals surface area contributed by atoms with Crippen LogP contribution >= 0.6 is 0 Å². The van der Waals surface area contributed by atoms with Crippen molar-refractivity contribution in [3.8, 4) is 5.69 Å². The maximum Gasteiger partial charge on any atom is 0.187 e. The van der Waals surface area contributed by atoms with E-state index >= 15 is 0 Å². The fourth-order valence-electron chi connectivity index (χ4n) is 1.61. The number of ketones is 1. The van der Waals surface area contributed by atoms with Crippen molar-refractivity contribution in [1.29, 1.82) is 0 Å². The van der Waals surface area contributed by atoms with E-state index in [9.17, 15) is 22.4 Å². The number of benzene rings is 1. The van der Waals surface area contributed by atoms with E-state index in [-0.39, 0.29) is 17.5 Å². The molecule has 0 saturated carbocycles. The minimum absolute atomic E-state index is 0.0182. The zero-order chi connectivity index (χ0) is 14.3. The van der Waals surface area contributed by atoms with Gasteiger partial charge in [0.2, 0.25) is 0 Å². The zero-order valence-corrected chi connectivity index (χ0v) is 9.84. The fraction of sp³-hybridized carbons (Fsp3) is 0.182. The Bertz CT molecular complexity index is 655. The van der Waals surface area contributed by atoms with Crippen LogP contribution in [0.25, 0.3) is 5.69 Å². The van der Waals surface area contributed by atoms with Crippen LogP contribution in [0, 0.1) is 30.2 Å². The largest absolute Gasteiger partial charge is 0.293 e. The standard InChI is InChI=1S/C11H7F4N3O/c1-4-10(5(2)19)16-17-18(4)11-8(14)6(12)3-7(13)9(11)15/h3H,1-2H3. The number of carbonyl (C=O) groups excluding carboxylic acids is 1. The van der Waals surface area contributed by atoms with Crippen LogP contribution < -0.4 is 0 Å². The van der Waals surface area contributed by atoms with E-state index in [0.717, 1.165) is 0 Å². The van der Waals surface area contributed by atoms with E-state index < -0.39 is 34.7 Å². The molecule has 0 bridgehead atoms. The van der Waals surface area contributed by atoms with Gasteiger partial charge >= 0.3 is 0 Å². The molecule has 0 atom stereocenters. The van der Waals surface area contributed by atoms with Crippen LogP contribution in [-0.2, 0) is 0 Å². The van der Waals surface area contributed by atoms with Crippen LogP contribution in [0.2, 0.25) is 0 Å².